The van der Waals surface area contributed by atoms with E-state index in [1.165, 1.54) is 11.1 Å². The second-order valence-corrected chi connectivity index (χ2v) is 6.89. The van der Waals surface area contributed by atoms with Gasteiger partial charge in [0.25, 0.3) is 0 Å². The van der Waals surface area contributed by atoms with Crippen molar-refractivity contribution >= 4 is 5.91 Å². The van der Waals surface area contributed by atoms with E-state index in [1.54, 1.807) is 4.90 Å². The average molecular weight is 305 g/mol. The molecule has 0 unspecified atom stereocenters. The Kier molecular flexibility index (Phi) is 5.59. The zero-order chi connectivity index (χ0) is 16.2. The minimum atomic E-state index is -0.387. The maximum atomic E-state index is 12.3. The SMILES string of the molecule is CN(Cc1ccccc1C(C)(C)C)C(=O)CC1OCCCO1. The fourth-order valence-corrected chi connectivity index (χ4v) is 2.69. The number of nitrogens with zero attached hydrogens (tertiary/aromatic N) is 1. The average Bonchev–Trinajstić information content (AvgIpc) is 2.47. The topological polar surface area (TPSA) is 38.8 Å². The first-order valence-corrected chi connectivity index (χ1v) is 7.93. The summed E-state index contributed by atoms with van der Waals surface area (Å²) >= 11 is 0. The molecule has 0 aromatic heterocycles. The normalized spacial score (nSPS) is 16.5. The fourth-order valence-electron chi connectivity index (χ4n) is 2.69. The van der Waals surface area contributed by atoms with Gasteiger partial charge >= 0.3 is 0 Å². The van der Waals surface area contributed by atoms with E-state index in [0.717, 1.165) is 6.42 Å². The van der Waals surface area contributed by atoms with Crippen molar-refractivity contribution in [3.8, 4) is 0 Å². The first-order chi connectivity index (χ1) is 10.4. The van der Waals surface area contributed by atoms with Crippen molar-refractivity contribution in [3.05, 3.63) is 35.4 Å². The highest BCUT2D eigenvalue weighted by atomic mass is 16.7. The molecule has 0 saturated carbocycles. The van der Waals surface area contributed by atoms with Crippen LogP contribution in [-0.2, 0) is 26.2 Å². The minimum absolute atomic E-state index is 0.0515. The van der Waals surface area contributed by atoms with Crippen LogP contribution in [0.4, 0.5) is 0 Å². The summed E-state index contributed by atoms with van der Waals surface area (Å²) in [4.78, 5) is 14.1. The van der Waals surface area contributed by atoms with E-state index in [4.69, 9.17) is 9.47 Å². The number of amides is 1. The first-order valence-electron chi connectivity index (χ1n) is 7.93. The van der Waals surface area contributed by atoms with Gasteiger partial charge in [0, 0.05) is 13.6 Å². The smallest absolute Gasteiger partial charge is 0.227 e. The molecule has 0 radical (unpaired) electrons. The van der Waals surface area contributed by atoms with E-state index >= 15 is 0 Å². The maximum absolute atomic E-state index is 12.3. The van der Waals surface area contributed by atoms with Gasteiger partial charge in [0.15, 0.2) is 6.29 Å². The Morgan fingerprint density at radius 2 is 1.86 bits per heavy atom. The molecule has 1 aliphatic rings. The molecule has 122 valence electrons. The molecule has 0 bridgehead atoms. The summed E-state index contributed by atoms with van der Waals surface area (Å²) < 4.78 is 10.9. The molecule has 1 aromatic carbocycles. The first kappa shape index (κ1) is 17.0. The van der Waals surface area contributed by atoms with Gasteiger partial charge in [-0.05, 0) is 23.0 Å². The van der Waals surface area contributed by atoms with Gasteiger partial charge in [-0.25, -0.2) is 0 Å². The van der Waals surface area contributed by atoms with Crippen LogP contribution in [0.1, 0.15) is 44.7 Å². The number of hydrogen-bond acceptors (Lipinski definition) is 3. The molecule has 1 amide bonds. The van der Waals surface area contributed by atoms with Crippen LogP contribution >= 0.6 is 0 Å². The molecule has 1 heterocycles. The van der Waals surface area contributed by atoms with Crippen molar-refractivity contribution in [3.63, 3.8) is 0 Å². The van der Waals surface area contributed by atoms with Gasteiger partial charge in [-0.15, -0.1) is 0 Å². The van der Waals surface area contributed by atoms with Crippen molar-refractivity contribution in [2.45, 2.75) is 51.9 Å². The monoisotopic (exact) mass is 305 g/mol. The molecule has 4 heteroatoms. The van der Waals surface area contributed by atoms with Gasteiger partial charge in [-0.3, -0.25) is 4.79 Å². The molecule has 4 nitrogen and oxygen atoms in total. The lowest BCUT2D eigenvalue weighted by atomic mass is 9.83. The predicted octanol–water partition coefficient (Wildman–Crippen LogP) is 3.10. The largest absolute Gasteiger partial charge is 0.352 e. The van der Waals surface area contributed by atoms with E-state index in [9.17, 15) is 4.79 Å². The Bertz CT molecular complexity index is 501. The summed E-state index contributed by atoms with van der Waals surface area (Å²) in [6.07, 6.45) is 0.801. The lowest BCUT2D eigenvalue weighted by Crippen LogP contribution is -2.34. The van der Waals surface area contributed by atoms with Crippen molar-refractivity contribution < 1.29 is 14.3 Å². The molecule has 0 atom stereocenters. The fraction of sp³-hybridized carbons (Fsp3) is 0.611. The van der Waals surface area contributed by atoms with Gasteiger partial charge in [0.2, 0.25) is 5.91 Å². The Labute approximate surface area is 133 Å². The van der Waals surface area contributed by atoms with Crippen LogP contribution in [0.5, 0.6) is 0 Å². The van der Waals surface area contributed by atoms with E-state index < -0.39 is 0 Å². The standard InChI is InChI=1S/C18H27NO3/c1-18(2,3)15-9-6-5-8-14(15)13-19(4)16(20)12-17-21-10-7-11-22-17/h5-6,8-9,17H,7,10-13H2,1-4H3. The second-order valence-electron chi connectivity index (χ2n) is 6.89. The summed E-state index contributed by atoms with van der Waals surface area (Å²) in [6.45, 7) is 8.54. The second kappa shape index (κ2) is 7.25. The third kappa shape index (κ3) is 4.55. The maximum Gasteiger partial charge on any atom is 0.227 e. The summed E-state index contributed by atoms with van der Waals surface area (Å²) in [5.74, 6) is 0.0515. The third-order valence-corrected chi connectivity index (χ3v) is 3.90. The van der Waals surface area contributed by atoms with E-state index in [1.807, 2.05) is 13.1 Å². The van der Waals surface area contributed by atoms with Crippen molar-refractivity contribution in [2.75, 3.05) is 20.3 Å². The highest BCUT2D eigenvalue weighted by Crippen LogP contribution is 2.26. The van der Waals surface area contributed by atoms with Crippen molar-refractivity contribution in [2.24, 2.45) is 0 Å². The Balaban J connectivity index is 1.99. The molecule has 2 rings (SSSR count). The van der Waals surface area contributed by atoms with E-state index in [0.29, 0.717) is 19.8 Å². The molecule has 1 aliphatic heterocycles. The Morgan fingerprint density at radius 1 is 1.23 bits per heavy atom. The number of ether oxygens (including phenoxy) is 2. The predicted molar refractivity (Wildman–Crippen MR) is 86.5 cm³/mol. The van der Waals surface area contributed by atoms with Crippen LogP contribution in [-0.4, -0.2) is 37.4 Å². The Hall–Kier alpha value is -1.39. The number of carbonyl (C=O) groups excluding carboxylic acids is 1. The van der Waals surface area contributed by atoms with Gasteiger partial charge in [-0.2, -0.15) is 0 Å². The van der Waals surface area contributed by atoms with Crippen LogP contribution in [0.2, 0.25) is 0 Å². The molecule has 0 spiro atoms. The zero-order valence-corrected chi connectivity index (χ0v) is 14.1. The van der Waals surface area contributed by atoms with E-state index in [2.05, 4.69) is 39.0 Å². The summed E-state index contributed by atoms with van der Waals surface area (Å²) in [6, 6.07) is 8.31. The van der Waals surface area contributed by atoms with Crippen LogP contribution in [0.15, 0.2) is 24.3 Å². The molecule has 22 heavy (non-hydrogen) atoms. The van der Waals surface area contributed by atoms with Crippen LogP contribution in [0, 0.1) is 0 Å². The van der Waals surface area contributed by atoms with E-state index in [-0.39, 0.29) is 24.0 Å². The Morgan fingerprint density at radius 3 is 2.50 bits per heavy atom. The molecule has 1 fully saturated rings. The molecule has 0 N–H and O–H groups in total. The third-order valence-electron chi connectivity index (χ3n) is 3.90. The van der Waals surface area contributed by atoms with Crippen molar-refractivity contribution in [1.82, 2.24) is 4.90 Å². The van der Waals surface area contributed by atoms with Crippen LogP contribution < -0.4 is 0 Å². The molecular formula is C18H27NO3. The van der Waals surface area contributed by atoms with Crippen molar-refractivity contribution in [1.29, 1.82) is 0 Å². The lowest BCUT2D eigenvalue weighted by Gasteiger charge is -2.27. The highest BCUT2D eigenvalue weighted by molar-refractivity contribution is 5.76. The number of benzene rings is 1. The van der Waals surface area contributed by atoms with Gasteiger partial charge in [-0.1, -0.05) is 45.0 Å². The van der Waals surface area contributed by atoms with Gasteiger partial charge in [0.1, 0.15) is 0 Å². The number of rotatable bonds is 4. The minimum Gasteiger partial charge on any atom is -0.352 e. The van der Waals surface area contributed by atoms with Crippen LogP contribution in [0.3, 0.4) is 0 Å². The summed E-state index contributed by atoms with van der Waals surface area (Å²) in [5.41, 5.74) is 2.53. The molecule has 1 saturated heterocycles. The quantitative estimate of drug-likeness (QED) is 0.858. The highest BCUT2D eigenvalue weighted by Gasteiger charge is 2.22. The summed E-state index contributed by atoms with van der Waals surface area (Å²) in [7, 11) is 1.84. The molecule has 0 aliphatic carbocycles. The zero-order valence-electron chi connectivity index (χ0n) is 14.1. The summed E-state index contributed by atoms with van der Waals surface area (Å²) in [5, 5.41) is 0. The van der Waals surface area contributed by atoms with Crippen LogP contribution in [0.25, 0.3) is 0 Å². The number of hydrogen-bond donors (Lipinski definition) is 0. The number of carbonyl (C=O) groups is 1. The molecular weight excluding hydrogens is 278 g/mol. The molecule has 1 aromatic rings. The lowest BCUT2D eigenvalue weighted by molar-refractivity contribution is -0.186. The van der Waals surface area contributed by atoms with Gasteiger partial charge in [0.05, 0.1) is 19.6 Å². The van der Waals surface area contributed by atoms with Gasteiger partial charge < -0.3 is 14.4 Å².